The van der Waals surface area contributed by atoms with Crippen molar-refractivity contribution in [3.63, 3.8) is 0 Å². The molecule has 4 nitrogen and oxygen atoms in total. The average Bonchev–Trinajstić information content (AvgIpc) is 2.93. The molecule has 2 atom stereocenters. The normalized spacial score (nSPS) is 19.6. The van der Waals surface area contributed by atoms with Crippen molar-refractivity contribution in [3.8, 4) is 0 Å². The molecule has 1 aromatic carbocycles. The van der Waals surface area contributed by atoms with Crippen molar-refractivity contribution in [1.82, 2.24) is 14.8 Å². The lowest BCUT2D eigenvalue weighted by molar-refractivity contribution is 0.131. The number of benzene rings is 1. The van der Waals surface area contributed by atoms with E-state index in [4.69, 9.17) is 0 Å². The van der Waals surface area contributed by atoms with Gasteiger partial charge in [0.05, 0.1) is 6.10 Å². The van der Waals surface area contributed by atoms with E-state index in [-0.39, 0.29) is 12.0 Å². The highest BCUT2D eigenvalue weighted by Gasteiger charge is 2.27. The third kappa shape index (κ3) is 2.48. The van der Waals surface area contributed by atoms with Crippen LogP contribution in [0.3, 0.4) is 0 Å². The van der Waals surface area contributed by atoms with Crippen LogP contribution in [-0.2, 0) is 19.4 Å². The van der Waals surface area contributed by atoms with Gasteiger partial charge in [-0.15, -0.1) is 0 Å². The first-order valence-electron chi connectivity index (χ1n) is 7.42. The summed E-state index contributed by atoms with van der Waals surface area (Å²) in [6.45, 7) is 2.84. The Hall–Kier alpha value is -1.68. The number of aliphatic hydroxyl groups is 1. The molecular weight excluding hydrogens is 250 g/mol. The van der Waals surface area contributed by atoms with E-state index in [2.05, 4.69) is 34.3 Å². The van der Waals surface area contributed by atoms with Gasteiger partial charge in [-0.25, -0.2) is 4.98 Å². The lowest BCUT2D eigenvalue weighted by Crippen LogP contribution is -2.26. The summed E-state index contributed by atoms with van der Waals surface area (Å²) in [4.78, 5) is 4.27. The molecule has 0 amide bonds. The predicted octanol–water partition coefficient (Wildman–Crippen LogP) is 2.32. The highest BCUT2D eigenvalue weighted by atomic mass is 16.3. The summed E-state index contributed by atoms with van der Waals surface area (Å²) in [5.74, 6) is 1.10. The van der Waals surface area contributed by atoms with E-state index in [9.17, 15) is 5.11 Å². The number of rotatable bonds is 4. The van der Waals surface area contributed by atoms with E-state index in [0.717, 1.165) is 31.6 Å². The van der Waals surface area contributed by atoms with Crippen molar-refractivity contribution in [2.24, 2.45) is 0 Å². The maximum Gasteiger partial charge on any atom is 0.138 e. The predicted molar refractivity (Wildman–Crippen MR) is 77.5 cm³/mol. The molecule has 4 heteroatoms. The van der Waals surface area contributed by atoms with Gasteiger partial charge in [0.15, 0.2) is 0 Å². The zero-order valence-electron chi connectivity index (χ0n) is 11.9. The van der Waals surface area contributed by atoms with Crippen molar-refractivity contribution in [2.75, 3.05) is 0 Å². The second-order valence-electron chi connectivity index (χ2n) is 5.46. The molecule has 2 aromatic rings. The van der Waals surface area contributed by atoms with E-state index in [1.807, 2.05) is 11.6 Å². The fraction of sp³-hybridized carbons (Fsp3) is 0.500. The summed E-state index contributed by atoms with van der Waals surface area (Å²) >= 11 is 0. The lowest BCUT2D eigenvalue weighted by atomic mass is 9.79. The molecule has 1 aliphatic rings. The van der Waals surface area contributed by atoms with Crippen molar-refractivity contribution in [3.05, 3.63) is 47.5 Å². The van der Waals surface area contributed by atoms with E-state index in [0.29, 0.717) is 6.42 Å². The number of hydrogen-bond acceptors (Lipinski definition) is 3. The molecule has 20 heavy (non-hydrogen) atoms. The minimum atomic E-state index is -0.383. The van der Waals surface area contributed by atoms with Gasteiger partial charge in [0.2, 0.25) is 0 Å². The Kier molecular flexibility index (Phi) is 3.83. The van der Waals surface area contributed by atoms with Gasteiger partial charge in [0, 0.05) is 18.9 Å². The molecule has 0 aliphatic heterocycles. The third-order valence-corrected chi connectivity index (χ3v) is 4.27. The first kappa shape index (κ1) is 13.3. The molecule has 0 saturated carbocycles. The van der Waals surface area contributed by atoms with Gasteiger partial charge >= 0.3 is 0 Å². The second kappa shape index (κ2) is 5.75. The average molecular weight is 271 g/mol. The second-order valence-corrected chi connectivity index (χ2v) is 5.46. The highest BCUT2D eigenvalue weighted by Crippen LogP contribution is 2.34. The van der Waals surface area contributed by atoms with Gasteiger partial charge in [-0.3, -0.25) is 4.68 Å². The number of nitrogens with zero attached hydrogens (tertiary/aromatic N) is 3. The van der Waals surface area contributed by atoms with E-state index in [1.54, 1.807) is 6.33 Å². The first-order valence-corrected chi connectivity index (χ1v) is 7.42. The first-order chi connectivity index (χ1) is 9.79. The van der Waals surface area contributed by atoms with Gasteiger partial charge in [-0.1, -0.05) is 24.3 Å². The lowest BCUT2D eigenvalue weighted by Gasteiger charge is -2.29. The van der Waals surface area contributed by atoms with Gasteiger partial charge in [0.1, 0.15) is 12.2 Å². The highest BCUT2D eigenvalue weighted by molar-refractivity contribution is 5.33. The number of aromatic nitrogens is 3. The SMILES string of the molecule is CCn1ncnc1CC(O)C1CCCc2ccccc21. The summed E-state index contributed by atoms with van der Waals surface area (Å²) in [6, 6.07) is 8.50. The molecule has 0 radical (unpaired) electrons. The van der Waals surface area contributed by atoms with E-state index >= 15 is 0 Å². The Morgan fingerprint density at radius 2 is 2.25 bits per heavy atom. The van der Waals surface area contributed by atoms with E-state index < -0.39 is 0 Å². The molecule has 1 N–H and O–H groups in total. The minimum Gasteiger partial charge on any atom is -0.392 e. The van der Waals surface area contributed by atoms with Crippen LogP contribution < -0.4 is 0 Å². The molecule has 1 heterocycles. The number of hydrogen-bond donors (Lipinski definition) is 1. The van der Waals surface area contributed by atoms with Gasteiger partial charge in [0.25, 0.3) is 0 Å². The molecule has 0 fully saturated rings. The summed E-state index contributed by atoms with van der Waals surface area (Å²) < 4.78 is 1.86. The summed E-state index contributed by atoms with van der Waals surface area (Å²) in [6.07, 6.45) is 5.10. The third-order valence-electron chi connectivity index (χ3n) is 4.27. The van der Waals surface area contributed by atoms with Gasteiger partial charge in [-0.2, -0.15) is 5.10 Å². The van der Waals surface area contributed by atoms with Crippen LogP contribution in [0.2, 0.25) is 0 Å². The molecule has 1 aliphatic carbocycles. The number of aryl methyl sites for hydroxylation is 2. The smallest absolute Gasteiger partial charge is 0.138 e. The van der Waals surface area contributed by atoms with Crippen LogP contribution in [-0.4, -0.2) is 26.0 Å². The van der Waals surface area contributed by atoms with Crippen molar-refractivity contribution in [2.45, 2.75) is 51.2 Å². The number of fused-ring (bicyclic) bond motifs is 1. The fourth-order valence-corrected chi connectivity index (χ4v) is 3.23. The number of aliphatic hydroxyl groups excluding tert-OH is 1. The maximum absolute atomic E-state index is 10.6. The molecule has 0 spiro atoms. The summed E-state index contributed by atoms with van der Waals surface area (Å²) in [5.41, 5.74) is 2.70. The van der Waals surface area contributed by atoms with Crippen LogP contribution in [0.15, 0.2) is 30.6 Å². The molecule has 2 unspecified atom stereocenters. The molecule has 106 valence electrons. The van der Waals surface area contributed by atoms with Gasteiger partial charge in [-0.05, 0) is 37.3 Å². The van der Waals surface area contributed by atoms with Crippen molar-refractivity contribution >= 4 is 0 Å². The summed E-state index contributed by atoms with van der Waals surface area (Å²) in [7, 11) is 0. The summed E-state index contributed by atoms with van der Waals surface area (Å²) in [5, 5.41) is 14.8. The fourth-order valence-electron chi connectivity index (χ4n) is 3.23. The van der Waals surface area contributed by atoms with Crippen LogP contribution in [0.5, 0.6) is 0 Å². The van der Waals surface area contributed by atoms with E-state index in [1.165, 1.54) is 11.1 Å². The molecule has 3 rings (SSSR count). The topological polar surface area (TPSA) is 50.9 Å². The van der Waals surface area contributed by atoms with Crippen molar-refractivity contribution in [1.29, 1.82) is 0 Å². The van der Waals surface area contributed by atoms with Crippen molar-refractivity contribution < 1.29 is 5.11 Å². The van der Waals surface area contributed by atoms with Crippen LogP contribution in [0.4, 0.5) is 0 Å². The Balaban J connectivity index is 1.80. The monoisotopic (exact) mass is 271 g/mol. The largest absolute Gasteiger partial charge is 0.392 e. The molecule has 1 aromatic heterocycles. The van der Waals surface area contributed by atoms with Crippen LogP contribution in [0.25, 0.3) is 0 Å². The minimum absolute atomic E-state index is 0.224. The maximum atomic E-state index is 10.6. The zero-order chi connectivity index (χ0) is 13.9. The Morgan fingerprint density at radius 3 is 3.10 bits per heavy atom. The standard InChI is InChI=1S/C16H21N3O/c1-2-19-16(17-11-18-19)10-15(20)14-9-5-7-12-6-3-4-8-13(12)14/h3-4,6,8,11,14-15,20H,2,5,7,9-10H2,1H3. The Bertz CT molecular complexity index is 579. The molecule has 0 bridgehead atoms. The quantitative estimate of drug-likeness (QED) is 0.928. The molecular formula is C16H21N3O. The van der Waals surface area contributed by atoms with Crippen LogP contribution in [0, 0.1) is 0 Å². The Morgan fingerprint density at radius 1 is 1.40 bits per heavy atom. The van der Waals surface area contributed by atoms with Gasteiger partial charge < -0.3 is 5.11 Å². The Labute approximate surface area is 119 Å². The van der Waals surface area contributed by atoms with Crippen LogP contribution >= 0.6 is 0 Å². The van der Waals surface area contributed by atoms with Crippen LogP contribution in [0.1, 0.15) is 42.6 Å². The zero-order valence-corrected chi connectivity index (χ0v) is 11.9. The molecule has 0 saturated heterocycles.